The second-order valence-electron chi connectivity index (χ2n) is 5.14. The Morgan fingerprint density at radius 2 is 1.89 bits per heavy atom. The van der Waals surface area contributed by atoms with Crippen molar-refractivity contribution < 1.29 is 4.79 Å². The quantitative estimate of drug-likeness (QED) is 0.851. The first-order valence-electron chi connectivity index (χ1n) is 7.05. The summed E-state index contributed by atoms with van der Waals surface area (Å²) in [6, 6.07) is 10.3. The van der Waals surface area contributed by atoms with E-state index >= 15 is 0 Å². The predicted molar refractivity (Wildman–Crippen MR) is 76.9 cm³/mol. The van der Waals surface area contributed by atoms with E-state index in [2.05, 4.69) is 22.5 Å². The Hall–Kier alpha value is -1.55. The zero-order chi connectivity index (χ0) is 13.5. The van der Waals surface area contributed by atoms with Crippen molar-refractivity contribution >= 4 is 6.03 Å². The topological polar surface area (TPSA) is 44.4 Å². The molecule has 104 valence electrons. The first-order valence-corrected chi connectivity index (χ1v) is 7.05. The molecule has 1 aliphatic rings. The fourth-order valence-corrected chi connectivity index (χ4v) is 2.39. The summed E-state index contributed by atoms with van der Waals surface area (Å²) in [6.45, 7) is 5.77. The molecule has 1 saturated heterocycles. The van der Waals surface area contributed by atoms with Crippen LogP contribution in [0.5, 0.6) is 0 Å². The third kappa shape index (κ3) is 4.56. The summed E-state index contributed by atoms with van der Waals surface area (Å²) < 4.78 is 0. The van der Waals surface area contributed by atoms with Crippen molar-refractivity contribution in [3.8, 4) is 0 Å². The molecule has 19 heavy (non-hydrogen) atoms. The third-order valence-corrected chi connectivity index (χ3v) is 3.62. The number of carbonyl (C=O) groups is 1. The molecule has 1 aromatic rings. The van der Waals surface area contributed by atoms with Crippen molar-refractivity contribution in [1.29, 1.82) is 0 Å². The number of nitrogens with zero attached hydrogens (tertiary/aromatic N) is 1. The van der Waals surface area contributed by atoms with Gasteiger partial charge in [-0.15, -0.1) is 0 Å². The van der Waals surface area contributed by atoms with Gasteiger partial charge in [-0.1, -0.05) is 30.3 Å². The minimum atomic E-state index is -0.0881. The highest BCUT2D eigenvalue weighted by atomic mass is 16.2. The number of likely N-dealkylation sites (tertiary alicyclic amines) is 1. The number of benzene rings is 1. The van der Waals surface area contributed by atoms with Crippen molar-refractivity contribution in [2.45, 2.75) is 32.4 Å². The van der Waals surface area contributed by atoms with E-state index in [1.165, 1.54) is 12.8 Å². The van der Waals surface area contributed by atoms with Crippen LogP contribution in [-0.2, 0) is 6.54 Å². The molecule has 2 rings (SSSR count). The molecule has 2 amide bonds. The minimum Gasteiger partial charge on any atom is -0.337 e. The lowest BCUT2D eigenvalue weighted by Gasteiger charge is -2.23. The van der Waals surface area contributed by atoms with Gasteiger partial charge < -0.3 is 10.6 Å². The molecule has 0 bridgehead atoms. The van der Waals surface area contributed by atoms with E-state index < -0.39 is 0 Å². The molecule has 0 radical (unpaired) electrons. The van der Waals surface area contributed by atoms with Crippen molar-refractivity contribution in [3.63, 3.8) is 0 Å². The molecular weight excluding hydrogens is 238 g/mol. The summed E-state index contributed by atoms with van der Waals surface area (Å²) in [5.74, 6) is 0. The Kier molecular flexibility index (Phi) is 5.21. The average Bonchev–Trinajstić information content (AvgIpc) is 2.98. The van der Waals surface area contributed by atoms with Crippen LogP contribution >= 0.6 is 0 Å². The van der Waals surface area contributed by atoms with Crippen LogP contribution in [0, 0.1) is 0 Å². The van der Waals surface area contributed by atoms with E-state index in [-0.39, 0.29) is 6.03 Å². The molecule has 0 saturated carbocycles. The second-order valence-corrected chi connectivity index (χ2v) is 5.14. The normalized spacial score (nSPS) is 17.1. The van der Waals surface area contributed by atoms with E-state index in [0.717, 1.165) is 18.7 Å². The number of nitrogens with one attached hydrogen (secondary N) is 2. The Morgan fingerprint density at radius 1 is 1.21 bits per heavy atom. The maximum atomic E-state index is 11.7. The number of amides is 2. The van der Waals surface area contributed by atoms with Gasteiger partial charge in [-0.3, -0.25) is 4.90 Å². The van der Waals surface area contributed by atoms with Crippen molar-refractivity contribution in [2.24, 2.45) is 0 Å². The van der Waals surface area contributed by atoms with Crippen LogP contribution in [0.15, 0.2) is 30.3 Å². The van der Waals surface area contributed by atoms with Crippen LogP contribution < -0.4 is 10.6 Å². The van der Waals surface area contributed by atoms with Gasteiger partial charge in [0.2, 0.25) is 0 Å². The van der Waals surface area contributed by atoms with Gasteiger partial charge in [0.25, 0.3) is 0 Å². The molecule has 1 unspecified atom stereocenters. The van der Waals surface area contributed by atoms with Gasteiger partial charge in [-0.25, -0.2) is 4.79 Å². The summed E-state index contributed by atoms with van der Waals surface area (Å²) >= 11 is 0. The SMILES string of the molecule is CC(CNC(=O)NCc1ccccc1)N1CCCC1. The maximum Gasteiger partial charge on any atom is 0.315 e. The van der Waals surface area contributed by atoms with Crippen LogP contribution in [0.3, 0.4) is 0 Å². The first-order chi connectivity index (χ1) is 9.25. The molecule has 2 N–H and O–H groups in total. The van der Waals surface area contributed by atoms with Crippen molar-refractivity contribution in [2.75, 3.05) is 19.6 Å². The van der Waals surface area contributed by atoms with Crippen LogP contribution in [0.1, 0.15) is 25.3 Å². The predicted octanol–water partition coefficient (Wildman–Crippen LogP) is 1.97. The van der Waals surface area contributed by atoms with Gasteiger partial charge in [0, 0.05) is 19.1 Å². The van der Waals surface area contributed by atoms with Gasteiger partial charge in [0.15, 0.2) is 0 Å². The average molecular weight is 261 g/mol. The summed E-state index contributed by atoms with van der Waals surface area (Å²) in [5, 5.41) is 5.81. The molecule has 1 fully saturated rings. The molecular formula is C15H23N3O. The molecule has 0 spiro atoms. The van der Waals surface area contributed by atoms with E-state index in [4.69, 9.17) is 0 Å². The van der Waals surface area contributed by atoms with Gasteiger partial charge in [0.1, 0.15) is 0 Å². The third-order valence-electron chi connectivity index (χ3n) is 3.62. The first kappa shape index (κ1) is 13.9. The molecule has 1 atom stereocenters. The number of rotatable bonds is 5. The Labute approximate surface area is 115 Å². The number of hydrogen-bond donors (Lipinski definition) is 2. The highest BCUT2D eigenvalue weighted by molar-refractivity contribution is 5.73. The summed E-state index contributed by atoms with van der Waals surface area (Å²) in [6.07, 6.45) is 2.56. The van der Waals surface area contributed by atoms with Gasteiger partial charge in [-0.2, -0.15) is 0 Å². The number of carbonyl (C=O) groups excluding carboxylic acids is 1. The highest BCUT2D eigenvalue weighted by Gasteiger charge is 2.18. The monoisotopic (exact) mass is 261 g/mol. The molecule has 1 aliphatic heterocycles. The van der Waals surface area contributed by atoms with Crippen LogP contribution in [-0.4, -0.2) is 36.6 Å². The highest BCUT2D eigenvalue weighted by Crippen LogP contribution is 2.10. The van der Waals surface area contributed by atoms with E-state index in [0.29, 0.717) is 19.1 Å². The van der Waals surface area contributed by atoms with Crippen molar-refractivity contribution in [1.82, 2.24) is 15.5 Å². The lowest BCUT2D eigenvalue weighted by atomic mass is 10.2. The van der Waals surface area contributed by atoms with Gasteiger partial charge >= 0.3 is 6.03 Å². The Bertz CT molecular complexity index is 388. The van der Waals surface area contributed by atoms with Crippen LogP contribution in [0.4, 0.5) is 4.79 Å². The lowest BCUT2D eigenvalue weighted by Crippen LogP contribution is -2.44. The second kappa shape index (κ2) is 7.14. The van der Waals surface area contributed by atoms with Gasteiger partial charge in [-0.05, 0) is 38.4 Å². The summed E-state index contributed by atoms with van der Waals surface area (Å²) in [5.41, 5.74) is 1.12. The summed E-state index contributed by atoms with van der Waals surface area (Å²) in [7, 11) is 0. The van der Waals surface area contributed by atoms with Gasteiger partial charge in [0.05, 0.1) is 0 Å². The molecule has 0 aromatic heterocycles. The van der Waals surface area contributed by atoms with E-state index in [9.17, 15) is 4.79 Å². The maximum absolute atomic E-state index is 11.7. The van der Waals surface area contributed by atoms with Crippen LogP contribution in [0.25, 0.3) is 0 Å². The van der Waals surface area contributed by atoms with Crippen molar-refractivity contribution in [3.05, 3.63) is 35.9 Å². The Balaban J connectivity index is 1.64. The minimum absolute atomic E-state index is 0.0881. The van der Waals surface area contributed by atoms with Crippen LogP contribution in [0.2, 0.25) is 0 Å². The fourth-order valence-electron chi connectivity index (χ4n) is 2.39. The zero-order valence-electron chi connectivity index (χ0n) is 11.6. The number of hydrogen-bond acceptors (Lipinski definition) is 2. The molecule has 1 aromatic carbocycles. The smallest absolute Gasteiger partial charge is 0.315 e. The standard InChI is InChI=1S/C15H23N3O/c1-13(18-9-5-6-10-18)11-16-15(19)17-12-14-7-3-2-4-8-14/h2-4,7-8,13H,5-6,9-12H2,1H3,(H2,16,17,19). The molecule has 1 heterocycles. The Morgan fingerprint density at radius 3 is 2.58 bits per heavy atom. The lowest BCUT2D eigenvalue weighted by molar-refractivity contribution is 0.226. The molecule has 4 heteroatoms. The largest absolute Gasteiger partial charge is 0.337 e. The fraction of sp³-hybridized carbons (Fsp3) is 0.533. The molecule has 4 nitrogen and oxygen atoms in total. The number of urea groups is 1. The summed E-state index contributed by atoms with van der Waals surface area (Å²) in [4.78, 5) is 14.1. The molecule has 0 aliphatic carbocycles. The van der Waals surface area contributed by atoms with E-state index in [1.807, 2.05) is 30.3 Å². The van der Waals surface area contributed by atoms with E-state index in [1.54, 1.807) is 0 Å². The zero-order valence-corrected chi connectivity index (χ0v) is 11.6.